The molecule has 37 heavy (non-hydrogen) atoms. The number of carboxylic acids is 1. The van der Waals surface area contributed by atoms with Gasteiger partial charge in [0.05, 0.1) is 18.6 Å². The summed E-state index contributed by atoms with van der Waals surface area (Å²) in [6, 6.07) is 19.6. The molecule has 0 bridgehead atoms. The molecule has 0 aliphatic rings. The Morgan fingerprint density at radius 2 is 1.62 bits per heavy atom. The first-order valence-electron chi connectivity index (χ1n) is 11.3. The highest BCUT2D eigenvalue weighted by atomic mass is 32.2. The van der Waals surface area contributed by atoms with Gasteiger partial charge >= 0.3 is 5.97 Å². The Balaban J connectivity index is 1.55. The summed E-state index contributed by atoms with van der Waals surface area (Å²) in [5.41, 5.74) is 3.59. The normalized spacial score (nSPS) is 13.1. The van der Waals surface area contributed by atoms with E-state index in [2.05, 4.69) is 9.71 Å². The molecule has 4 aromatic rings. The summed E-state index contributed by atoms with van der Waals surface area (Å²) in [5, 5.41) is 12.0. The number of carboxylic acid groups (broad SMARTS) is 1. The molecule has 1 heterocycles. The summed E-state index contributed by atoms with van der Waals surface area (Å²) < 4.78 is 39.8. The van der Waals surface area contributed by atoms with Crippen LogP contribution in [0.4, 0.5) is 0 Å². The number of aromatic nitrogens is 1. The van der Waals surface area contributed by atoms with E-state index >= 15 is 0 Å². The average molecular weight is 539 g/mol. The van der Waals surface area contributed by atoms with Gasteiger partial charge in [-0.05, 0) is 47.9 Å². The zero-order chi connectivity index (χ0) is 26.4. The molecular weight excluding hydrogens is 512 g/mol. The van der Waals surface area contributed by atoms with Crippen molar-refractivity contribution in [3.63, 3.8) is 0 Å². The maximum absolute atomic E-state index is 13.2. The van der Waals surface area contributed by atoms with E-state index in [1.54, 1.807) is 24.6 Å². The Morgan fingerprint density at radius 1 is 1.00 bits per heavy atom. The summed E-state index contributed by atoms with van der Waals surface area (Å²) in [5.74, 6) is -0.659. The van der Waals surface area contributed by atoms with Crippen LogP contribution in [0.5, 0.6) is 5.75 Å². The van der Waals surface area contributed by atoms with Gasteiger partial charge in [0.1, 0.15) is 16.9 Å². The lowest BCUT2D eigenvalue weighted by atomic mass is 10.1. The predicted octanol–water partition coefficient (Wildman–Crippen LogP) is 4.82. The van der Waals surface area contributed by atoms with Crippen LogP contribution in [-0.2, 0) is 26.2 Å². The van der Waals surface area contributed by atoms with E-state index in [9.17, 15) is 18.3 Å². The summed E-state index contributed by atoms with van der Waals surface area (Å²) in [6.07, 6.45) is 0.389. The van der Waals surface area contributed by atoms with E-state index in [1.165, 1.54) is 29.7 Å². The molecule has 1 aromatic heterocycles. The number of nitrogens with one attached hydrogen (secondary N) is 1. The van der Waals surface area contributed by atoms with Crippen molar-refractivity contribution in [2.45, 2.75) is 30.6 Å². The summed E-state index contributed by atoms with van der Waals surface area (Å²) in [4.78, 5) is 16.4. The third kappa shape index (κ3) is 6.60. The number of aryl methyl sites for hydroxylation is 1. The Hall–Kier alpha value is -3.57. The average Bonchev–Trinajstić information content (AvgIpc) is 3.44. The molecule has 3 aromatic carbocycles. The van der Waals surface area contributed by atoms with E-state index in [0.29, 0.717) is 10.8 Å². The standard InChI is InChI=1S/C27H26N2O6S2/c1-18-3-5-19(6-4-18)17-35-25(26-28-15-16-36-26)24(27(30)31)29-37(32,33)23-13-9-21(10-14-23)20-7-11-22(34-2)12-8-20/h3-16,24-25,29H,17H2,1-2H3,(H,30,31)/t24-,25+/m1/s1. The number of aliphatic carboxylic acids is 1. The summed E-state index contributed by atoms with van der Waals surface area (Å²) in [7, 11) is -2.61. The highest BCUT2D eigenvalue weighted by Gasteiger charge is 2.36. The minimum absolute atomic E-state index is 0.0626. The van der Waals surface area contributed by atoms with E-state index in [1.807, 2.05) is 55.5 Å². The molecule has 0 spiro atoms. The largest absolute Gasteiger partial charge is 0.497 e. The Kier molecular flexibility index (Phi) is 8.34. The van der Waals surface area contributed by atoms with Crippen molar-refractivity contribution in [2.75, 3.05) is 7.11 Å². The van der Waals surface area contributed by atoms with Crippen LogP contribution < -0.4 is 9.46 Å². The van der Waals surface area contributed by atoms with E-state index in [-0.39, 0.29) is 11.5 Å². The van der Waals surface area contributed by atoms with E-state index < -0.39 is 28.1 Å². The zero-order valence-electron chi connectivity index (χ0n) is 20.2. The third-order valence-corrected chi connectivity index (χ3v) is 7.98. The number of ether oxygens (including phenoxy) is 2. The molecule has 4 rings (SSSR count). The highest BCUT2D eigenvalue weighted by Crippen LogP contribution is 2.28. The van der Waals surface area contributed by atoms with Gasteiger partial charge in [-0.2, -0.15) is 4.72 Å². The molecular formula is C27H26N2O6S2. The number of benzene rings is 3. The van der Waals surface area contributed by atoms with Crippen LogP contribution in [0.1, 0.15) is 22.2 Å². The first-order valence-corrected chi connectivity index (χ1v) is 13.7. The molecule has 0 amide bonds. The van der Waals surface area contributed by atoms with Gasteiger partial charge in [0.2, 0.25) is 10.0 Å². The molecule has 0 radical (unpaired) electrons. The molecule has 0 aliphatic heterocycles. The first kappa shape index (κ1) is 26.5. The number of nitrogens with zero attached hydrogens (tertiary/aromatic N) is 1. The van der Waals surface area contributed by atoms with Gasteiger partial charge in [0.25, 0.3) is 0 Å². The molecule has 0 saturated heterocycles. The summed E-state index contributed by atoms with van der Waals surface area (Å²) >= 11 is 1.20. The van der Waals surface area contributed by atoms with Crippen molar-refractivity contribution >= 4 is 27.3 Å². The molecule has 2 atom stereocenters. The van der Waals surface area contributed by atoms with Crippen molar-refractivity contribution in [2.24, 2.45) is 0 Å². The maximum atomic E-state index is 13.2. The number of hydrogen-bond donors (Lipinski definition) is 2. The molecule has 0 saturated carbocycles. The lowest BCUT2D eigenvalue weighted by Crippen LogP contribution is -2.45. The van der Waals surface area contributed by atoms with Gasteiger partial charge in [-0.25, -0.2) is 13.4 Å². The van der Waals surface area contributed by atoms with Crippen molar-refractivity contribution < 1.29 is 27.8 Å². The number of rotatable bonds is 11. The monoisotopic (exact) mass is 538 g/mol. The number of hydrogen-bond acceptors (Lipinski definition) is 7. The minimum Gasteiger partial charge on any atom is -0.497 e. The fourth-order valence-electron chi connectivity index (χ4n) is 3.64. The van der Waals surface area contributed by atoms with Gasteiger partial charge in [-0.15, -0.1) is 11.3 Å². The predicted molar refractivity (Wildman–Crippen MR) is 141 cm³/mol. The number of methoxy groups -OCH3 is 1. The smallest absolute Gasteiger partial charge is 0.324 e. The van der Waals surface area contributed by atoms with Crippen LogP contribution in [0, 0.1) is 6.92 Å². The van der Waals surface area contributed by atoms with Gasteiger partial charge in [0, 0.05) is 11.6 Å². The number of sulfonamides is 1. The highest BCUT2D eigenvalue weighted by molar-refractivity contribution is 7.89. The Bertz CT molecular complexity index is 1420. The molecule has 0 fully saturated rings. The van der Waals surface area contributed by atoms with Gasteiger partial charge in [0.15, 0.2) is 6.04 Å². The first-order chi connectivity index (χ1) is 17.8. The quantitative estimate of drug-likeness (QED) is 0.281. The number of carbonyl (C=O) groups is 1. The number of thiazole rings is 1. The molecule has 10 heteroatoms. The molecule has 2 N–H and O–H groups in total. The minimum atomic E-state index is -4.19. The van der Waals surface area contributed by atoms with Crippen LogP contribution >= 0.6 is 11.3 Å². The van der Waals surface area contributed by atoms with Crippen LogP contribution in [0.25, 0.3) is 11.1 Å². The third-order valence-electron chi connectivity index (χ3n) is 5.68. The molecule has 192 valence electrons. The molecule has 0 unspecified atom stereocenters. The topological polar surface area (TPSA) is 115 Å². The van der Waals surface area contributed by atoms with E-state index in [4.69, 9.17) is 9.47 Å². The second-order valence-electron chi connectivity index (χ2n) is 8.28. The van der Waals surface area contributed by atoms with Crippen molar-refractivity contribution in [1.82, 2.24) is 9.71 Å². The molecule has 0 aliphatic carbocycles. The lowest BCUT2D eigenvalue weighted by molar-refractivity contribution is -0.143. The Morgan fingerprint density at radius 3 is 2.16 bits per heavy atom. The van der Waals surface area contributed by atoms with Gasteiger partial charge < -0.3 is 14.6 Å². The second-order valence-corrected chi connectivity index (χ2v) is 10.9. The van der Waals surface area contributed by atoms with Gasteiger partial charge in [-0.3, -0.25) is 4.79 Å². The molecule has 8 nitrogen and oxygen atoms in total. The van der Waals surface area contributed by atoms with Crippen molar-refractivity contribution in [3.05, 3.63) is 101 Å². The van der Waals surface area contributed by atoms with Crippen LogP contribution in [0.3, 0.4) is 0 Å². The van der Waals surface area contributed by atoms with Crippen LogP contribution in [0.2, 0.25) is 0 Å². The fourth-order valence-corrected chi connectivity index (χ4v) is 5.55. The fraction of sp³-hybridized carbons (Fsp3) is 0.185. The van der Waals surface area contributed by atoms with Crippen LogP contribution in [0.15, 0.2) is 89.3 Å². The SMILES string of the molecule is COc1ccc(-c2ccc(S(=O)(=O)N[C@@H](C(=O)O)[C@H](OCc3ccc(C)cc3)c3nccs3)cc2)cc1. The van der Waals surface area contributed by atoms with Crippen molar-refractivity contribution in [3.8, 4) is 16.9 Å². The van der Waals surface area contributed by atoms with E-state index in [0.717, 1.165) is 22.3 Å². The summed E-state index contributed by atoms with van der Waals surface area (Å²) in [6.45, 7) is 2.05. The Labute approximate surface area is 219 Å². The van der Waals surface area contributed by atoms with Crippen LogP contribution in [-0.4, -0.2) is 37.6 Å². The lowest BCUT2D eigenvalue weighted by Gasteiger charge is -2.24. The second kappa shape index (κ2) is 11.7. The van der Waals surface area contributed by atoms with Gasteiger partial charge in [-0.1, -0.05) is 54.1 Å². The zero-order valence-corrected chi connectivity index (χ0v) is 21.8. The van der Waals surface area contributed by atoms with Crippen molar-refractivity contribution in [1.29, 1.82) is 0 Å². The maximum Gasteiger partial charge on any atom is 0.324 e.